The number of carboxylic acids is 1. The van der Waals surface area contributed by atoms with Crippen LogP contribution >= 0.6 is 11.3 Å². The SMILES string of the molecule is Cn1c(C2CCCC2)cc2sc(C(=O)O)cc21. The minimum Gasteiger partial charge on any atom is -0.477 e. The smallest absolute Gasteiger partial charge is 0.345 e. The molecule has 1 saturated carbocycles. The average Bonchev–Trinajstić information content (AvgIpc) is 2.95. The molecule has 1 aliphatic rings. The van der Waals surface area contributed by atoms with Crippen LogP contribution in [0.15, 0.2) is 12.1 Å². The van der Waals surface area contributed by atoms with Crippen LogP contribution in [0.1, 0.15) is 47.0 Å². The number of aromatic carboxylic acids is 1. The lowest BCUT2D eigenvalue weighted by molar-refractivity contribution is 0.0702. The molecule has 1 fully saturated rings. The minimum absolute atomic E-state index is 0.434. The molecule has 0 saturated heterocycles. The lowest BCUT2D eigenvalue weighted by Gasteiger charge is -2.10. The van der Waals surface area contributed by atoms with Crippen LogP contribution in [0.25, 0.3) is 10.2 Å². The van der Waals surface area contributed by atoms with E-state index in [2.05, 4.69) is 10.6 Å². The second-order valence-electron chi connectivity index (χ2n) is 4.77. The van der Waals surface area contributed by atoms with E-state index in [4.69, 9.17) is 5.11 Å². The summed E-state index contributed by atoms with van der Waals surface area (Å²) in [6, 6.07) is 3.98. The van der Waals surface area contributed by atoms with Crippen LogP contribution in [0.5, 0.6) is 0 Å². The first-order valence-corrected chi connectivity index (χ1v) is 6.81. The van der Waals surface area contributed by atoms with Crippen LogP contribution < -0.4 is 0 Å². The van der Waals surface area contributed by atoms with Crippen molar-refractivity contribution >= 4 is 27.5 Å². The third-order valence-corrected chi connectivity index (χ3v) is 4.81. The Morgan fingerprint density at radius 3 is 2.71 bits per heavy atom. The van der Waals surface area contributed by atoms with E-state index in [0.29, 0.717) is 10.8 Å². The average molecular weight is 249 g/mol. The summed E-state index contributed by atoms with van der Waals surface area (Å²) in [6.45, 7) is 0. The molecule has 3 rings (SSSR count). The lowest BCUT2D eigenvalue weighted by atomic mass is 10.0. The first kappa shape index (κ1) is 10.8. The van der Waals surface area contributed by atoms with Crippen molar-refractivity contribution in [2.24, 2.45) is 7.05 Å². The number of aryl methyl sites for hydroxylation is 1. The van der Waals surface area contributed by atoms with Crippen LogP contribution in [0.4, 0.5) is 0 Å². The van der Waals surface area contributed by atoms with Crippen molar-refractivity contribution in [3.8, 4) is 0 Å². The number of aromatic nitrogens is 1. The van der Waals surface area contributed by atoms with Gasteiger partial charge >= 0.3 is 5.97 Å². The van der Waals surface area contributed by atoms with Crippen molar-refractivity contribution in [1.29, 1.82) is 0 Å². The standard InChI is InChI=1S/C13H15NO2S/c1-14-9(8-4-2-3-5-8)6-11-10(14)7-12(17-11)13(15)16/h6-8H,2-5H2,1H3,(H,15,16). The van der Waals surface area contributed by atoms with Gasteiger partial charge in [0.05, 0.1) is 10.2 Å². The molecule has 0 spiro atoms. The summed E-state index contributed by atoms with van der Waals surface area (Å²) < 4.78 is 3.28. The number of carbonyl (C=O) groups is 1. The predicted octanol–water partition coefficient (Wildman–Crippen LogP) is 3.60. The first-order valence-electron chi connectivity index (χ1n) is 5.99. The van der Waals surface area contributed by atoms with Crippen LogP contribution in [-0.2, 0) is 7.05 Å². The van der Waals surface area contributed by atoms with Gasteiger partial charge in [-0.25, -0.2) is 4.79 Å². The van der Waals surface area contributed by atoms with Gasteiger partial charge in [-0.05, 0) is 30.9 Å². The summed E-state index contributed by atoms with van der Waals surface area (Å²) in [5.41, 5.74) is 2.44. The highest BCUT2D eigenvalue weighted by Crippen LogP contribution is 2.38. The molecule has 0 radical (unpaired) electrons. The quantitative estimate of drug-likeness (QED) is 0.883. The van der Waals surface area contributed by atoms with E-state index in [0.717, 1.165) is 10.2 Å². The van der Waals surface area contributed by atoms with E-state index in [-0.39, 0.29) is 0 Å². The molecule has 2 aromatic heterocycles. The monoisotopic (exact) mass is 249 g/mol. The van der Waals surface area contributed by atoms with Crippen molar-refractivity contribution in [2.75, 3.05) is 0 Å². The van der Waals surface area contributed by atoms with Gasteiger partial charge in [-0.2, -0.15) is 0 Å². The normalized spacial score (nSPS) is 17.0. The molecule has 0 aliphatic heterocycles. The molecule has 2 aromatic rings. The lowest BCUT2D eigenvalue weighted by Crippen LogP contribution is -2.00. The number of hydrogen-bond acceptors (Lipinski definition) is 2. The fourth-order valence-corrected chi connectivity index (χ4v) is 3.82. The van der Waals surface area contributed by atoms with Gasteiger partial charge in [-0.15, -0.1) is 11.3 Å². The van der Waals surface area contributed by atoms with E-state index >= 15 is 0 Å². The molecule has 3 nitrogen and oxygen atoms in total. The zero-order chi connectivity index (χ0) is 12.0. The maximum Gasteiger partial charge on any atom is 0.345 e. The molecular formula is C13H15NO2S. The highest BCUT2D eigenvalue weighted by atomic mass is 32.1. The molecule has 0 aromatic carbocycles. The van der Waals surface area contributed by atoms with Crippen molar-refractivity contribution in [3.63, 3.8) is 0 Å². The molecule has 0 bridgehead atoms. The molecular weight excluding hydrogens is 234 g/mol. The Labute approximate surface area is 104 Å². The molecule has 1 N–H and O–H groups in total. The van der Waals surface area contributed by atoms with Gasteiger partial charge < -0.3 is 9.67 Å². The fourth-order valence-electron chi connectivity index (χ4n) is 2.85. The van der Waals surface area contributed by atoms with Crippen molar-refractivity contribution in [1.82, 2.24) is 4.57 Å². The van der Waals surface area contributed by atoms with E-state index in [1.165, 1.54) is 42.7 Å². The van der Waals surface area contributed by atoms with Gasteiger partial charge in [0, 0.05) is 12.7 Å². The largest absolute Gasteiger partial charge is 0.477 e. The zero-order valence-electron chi connectivity index (χ0n) is 9.77. The number of nitrogens with zero attached hydrogens (tertiary/aromatic N) is 1. The summed E-state index contributed by atoms with van der Waals surface area (Å²) in [6.07, 6.45) is 5.20. The minimum atomic E-state index is -0.825. The van der Waals surface area contributed by atoms with Crippen LogP contribution in [0, 0.1) is 0 Å². The van der Waals surface area contributed by atoms with Crippen molar-refractivity contribution < 1.29 is 9.90 Å². The maximum absolute atomic E-state index is 10.9. The molecule has 4 heteroatoms. The Hall–Kier alpha value is -1.29. The number of carboxylic acid groups (broad SMARTS) is 1. The predicted molar refractivity (Wildman–Crippen MR) is 69.0 cm³/mol. The Morgan fingerprint density at radius 2 is 2.12 bits per heavy atom. The molecule has 2 heterocycles. The van der Waals surface area contributed by atoms with Gasteiger partial charge in [0.25, 0.3) is 0 Å². The van der Waals surface area contributed by atoms with Gasteiger partial charge in [-0.1, -0.05) is 12.8 Å². The van der Waals surface area contributed by atoms with Crippen LogP contribution in [0.2, 0.25) is 0 Å². The molecule has 0 unspecified atom stereocenters. The van der Waals surface area contributed by atoms with Crippen LogP contribution in [0.3, 0.4) is 0 Å². The maximum atomic E-state index is 10.9. The summed E-state index contributed by atoms with van der Waals surface area (Å²) in [5, 5.41) is 8.98. The number of hydrogen-bond donors (Lipinski definition) is 1. The topological polar surface area (TPSA) is 42.2 Å². The van der Waals surface area contributed by atoms with E-state index in [1.807, 2.05) is 7.05 Å². The second-order valence-corrected chi connectivity index (χ2v) is 5.86. The second kappa shape index (κ2) is 3.88. The zero-order valence-corrected chi connectivity index (χ0v) is 10.6. The number of fused-ring (bicyclic) bond motifs is 1. The van der Waals surface area contributed by atoms with Gasteiger partial charge in [0.1, 0.15) is 4.88 Å². The third-order valence-electron chi connectivity index (χ3n) is 3.75. The summed E-state index contributed by atoms with van der Waals surface area (Å²) in [5.74, 6) is -0.151. The van der Waals surface area contributed by atoms with Gasteiger partial charge in [0.15, 0.2) is 0 Å². The number of thiophene rings is 1. The Morgan fingerprint density at radius 1 is 1.41 bits per heavy atom. The first-order chi connectivity index (χ1) is 8.16. The number of rotatable bonds is 2. The van der Waals surface area contributed by atoms with E-state index in [9.17, 15) is 4.79 Å². The fraction of sp³-hybridized carbons (Fsp3) is 0.462. The summed E-state index contributed by atoms with van der Waals surface area (Å²) in [4.78, 5) is 11.4. The van der Waals surface area contributed by atoms with Gasteiger partial charge in [-0.3, -0.25) is 0 Å². The Bertz CT molecular complexity index is 576. The van der Waals surface area contributed by atoms with E-state index < -0.39 is 5.97 Å². The van der Waals surface area contributed by atoms with Crippen molar-refractivity contribution in [2.45, 2.75) is 31.6 Å². The summed E-state index contributed by atoms with van der Waals surface area (Å²) in [7, 11) is 2.05. The molecule has 0 atom stereocenters. The molecule has 0 amide bonds. The third kappa shape index (κ3) is 1.67. The molecule has 1 aliphatic carbocycles. The summed E-state index contributed by atoms with van der Waals surface area (Å²) >= 11 is 1.38. The van der Waals surface area contributed by atoms with Crippen LogP contribution in [-0.4, -0.2) is 15.6 Å². The molecule has 90 valence electrons. The highest BCUT2D eigenvalue weighted by molar-refractivity contribution is 7.20. The Balaban J connectivity index is 2.07. The Kier molecular flexibility index (Phi) is 2.47. The highest BCUT2D eigenvalue weighted by Gasteiger charge is 2.22. The van der Waals surface area contributed by atoms with Gasteiger partial charge in [0.2, 0.25) is 0 Å². The van der Waals surface area contributed by atoms with E-state index in [1.54, 1.807) is 6.07 Å². The molecule has 17 heavy (non-hydrogen) atoms. The van der Waals surface area contributed by atoms with Crippen molar-refractivity contribution in [3.05, 3.63) is 22.7 Å².